The molecular formula is C16H30N4O2. The van der Waals surface area contributed by atoms with Gasteiger partial charge in [-0.15, -0.1) is 0 Å². The number of methoxy groups -OCH3 is 1. The number of piperidine rings is 1. The molecule has 2 heterocycles. The Hall–Kier alpha value is -1.30. The number of carbonyl (C=O) groups excluding carboxylic acids is 1. The predicted octanol–water partition coefficient (Wildman–Crippen LogP) is 0.931. The number of hydrogen-bond acceptors (Lipinski definition) is 4. The summed E-state index contributed by atoms with van der Waals surface area (Å²) in [6.45, 7) is 6.74. The Morgan fingerprint density at radius 2 is 2.00 bits per heavy atom. The van der Waals surface area contributed by atoms with Crippen molar-refractivity contribution in [2.75, 3.05) is 46.9 Å². The monoisotopic (exact) mass is 310 g/mol. The number of likely N-dealkylation sites (tertiary alicyclic amines) is 2. The molecule has 0 aliphatic carbocycles. The Morgan fingerprint density at radius 3 is 2.55 bits per heavy atom. The van der Waals surface area contributed by atoms with Crippen LogP contribution in [0.5, 0.6) is 0 Å². The summed E-state index contributed by atoms with van der Waals surface area (Å²) in [4.78, 5) is 21.1. The van der Waals surface area contributed by atoms with Crippen molar-refractivity contribution in [3.8, 4) is 0 Å². The maximum atomic E-state index is 11.6. The van der Waals surface area contributed by atoms with E-state index in [0.717, 1.165) is 45.0 Å². The number of aliphatic imine (C=N–C) groups is 1. The van der Waals surface area contributed by atoms with Crippen LogP contribution in [0.15, 0.2) is 4.99 Å². The van der Waals surface area contributed by atoms with Crippen LogP contribution in [0.1, 0.15) is 32.6 Å². The van der Waals surface area contributed by atoms with E-state index in [1.807, 2.05) is 0 Å². The normalized spacial score (nSPS) is 24.6. The zero-order chi connectivity index (χ0) is 15.9. The van der Waals surface area contributed by atoms with Gasteiger partial charge in [-0.05, 0) is 46.2 Å². The van der Waals surface area contributed by atoms with E-state index in [4.69, 9.17) is 9.73 Å². The SMILES string of the molecule is CCNC(=NCC1CCCN1C)N1CCC(C(=O)OC)CC1. The molecule has 1 N–H and O–H groups in total. The molecule has 2 aliphatic rings. The molecule has 0 saturated carbocycles. The van der Waals surface area contributed by atoms with E-state index in [0.29, 0.717) is 6.04 Å². The highest BCUT2D eigenvalue weighted by Gasteiger charge is 2.27. The number of hydrogen-bond donors (Lipinski definition) is 1. The predicted molar refractivity (Wildman–Crippen MR) is 87.9 cm³/mol. The van der Waals surface area contributed by atoms with Crippen LogP contribution < -0.4 is 5.32 Å². The van der Waals surface area contributed by atoms with Gasteiger partial charge in [0.25, 0.3) is 0 Å². The van der Waals surface area contributed by atoms with E-state index in [1.165, 1.54) is 26.5 Å². The molecule has 1 unspecified atom stereocenters. The van der Waals surface area contributed by atoms with E-state index < -0.39 is 0 Å². The van der Waals surface area contributed by atoms with Crippen molar-refractivity contribution in [3.63, 3.8) is 0 Å². The van der Waals surface area contributed by atoms with Crippen molar-refractivity contribution >= 4 is 11.9 Å². The lowest BCUT2D eigenvalue weighted by molar-refractivity contribution is -0.146. The van der Waals surface area contributed by atoms with Gasteiger partial charge in [-0.25, -0.2) is 0 Å². The first-order chi connectivity index (χ1) is 10.7. The first-order valence-corrected chi connectivity index (χ1v) is 8.47. The highest BCUT2D eigenvalue weighted by Crippen LogP contribution is 2.19. The Labute approximate surface area is 133 Å². The minimum Gasteiger partial charge on any atom is -0.469 e. The molecule has 0 aromatic carbocycles. The van der Waals surface area contributed by atoms with Gasteiger partial charge >= 0.3 is 5.97 Å². The third-order valence-corrected chi connectivity index (χ3v) is 4.79. The highest BCUT2D eigenvalue weighted by atomic mass is 16.5. The number of guanidine groups is 1. The van der Waals surface area contributed by atoms with Crippen molar-refractivity contribution < 1.29 is 9.53 Å². The van der Waals surface area contributed by atoms with E-state index in [9.17, 15) is 4.79 Å². The van der Waals surface area contributed by atoms with E-state index in [-0.39, 0.29) is 11.9 Å². The molecular weight excluding hydrogens is 280 g/mol. The van der Waals surface area contributed by atoms with Crippen molar-refractivity contribution in [1.29, 1.82) is 0 Å². The van der Waals surface area contributed by atoms with Gasteiger partial charge in [-0.1, -0.05) is 0 Å². The summed E-state index contributed by atoms with van der Waals surface area (Å²) >= 11 is 0. The van der Waals surface area contributed by atoms with Crippen LogP contribution >= 0.6 is 0 Å². The number of esters is 1. The second-order valence-corrected chi connectivity index (χ2v) is 6.26. The maximum Gasteiger partial charge on any atom is 0.308 e. The van der Waals surface area contributed by atoms with Crippen LogP contribution in [0.3, 0.4) is 0 Å². The molecule has 1 atom stereocenters. The summed E-state index contributed by atoms with van der Waals surface area (Å²) in [6.07, 6.45) is 4.21. The molecule has 0 radical (unpaired) electrons. The summed E-state index contributed by atoms with van der Waals surface area (Å²) in [5, 5.41) is 3.39. The molecule has 2 rings (SSSR count). The topological polar surface area (TPSA) is 57.2 Å². The molecule has 2 fully saturated rings. The largest absolute Gasteiger partial charge is 0.469 e. The second-order valence-electron chi connectivity index (χ2n) is 6.26. The van der Waals surface area contributed by atoms with Gasteiger partial charge in [-0.3, -0.25) is 9.79 Å². The lowest BCUT2D eigenvalue weighted by Crippen LogP contribution is -2.47. The highest BCUT2D eigenvalue weighted by molar-refractivity contribution is 5.80. The molecule has 0 aromatic rings. The Bertz CT molecular complexity index is 392. The Kier molecular flexibility index (Phi) is 6.49. The van der Waals surface area contributed by atoms with Gasteiger partial charge in [-0.2, -0.15) is 0 Å². The molecule has 6 heteroatoms. The summed E-state index contributed by atoms with van der Waals surface area (Å²) in [5.41, 5.74) is 0. The van der Waals surface area contributed by atoms with Crippen molar-refractivity contribution in [1.82, 2.24) is 15.1 Å². The summed E-state index contributed by atoms with van der Waals surface area (Å²) in [5.74, 6) is 0.963. The summed E-state index contributed by atoms with van der Waals surface area (Å²) < 4.78 is 4.85. The zero-order valence-corrected chi connectivity index (χ0v) is 14.2. The van der Waals surface area contributed by atoms with Crippen LogP contribution in [-0.2, 0) is 9.53 Å². The van der Waals surface area contributed by atoms with Gasteiger partial charge in [0.2, 0.25) is 0 Å². The van der Waals surface area contributed by atoms with Crippen LogP contribution in [0.25, 0.3) is 0 Å². The number of nitrogens with one attached hydrogen (secondary N) is 1. The maximum absolute atomic E-state index is 11.6. The quantitative estimate of drug-likeness (QED) is 0.476. The number of rotatable bonds is 4. The minimum atomic E-state index is -0.0748. The average molecular weight is 310 g/mol. The number of ether oxygens (including phenoxy) is 1. The average Bonchev–Trinajstić information content (AvgIpc) is 2.96. The fourth-order valence-corrected chi connectivity index (χ4v) is 3.32. The molecule has 0 aromatic heterocycles. The fraction of sp³-hybridized carbons (Fsp3) is 0.875. The molecule has 22 heavy (non-hydrogen) atoms. The standard InChI is InChI=1S/C16H30N4O2/c1-4-17-16(18-12-14-6-5-9-19(14)2)20-10-7-13(8-11-20)15(21)22-3/h13-14H,4-12H2,1-3H3,(H,17,18). The first kappa shape index (κ1) is 17.1. The van der Waals surface area contributed by atoms with Gasteiger partial charge in [0.1, 0.15) is 0 Å². The lowest BCUT2D eigenvalue weighted by Gasteiger charge is -2.33. The van der Waals surface area contributed by atoms with Crippen LogP contribution in [0.4, 0.5) is 0 Å². The smallest absolute Gasteiger partial charge is 0.308 e. The van der Waals surface area contributed by atoms with Gasteiger partial charge in [0.15, 0.2) is 5.96 Å². The van der Waals surface area contributed by atoms with Crippen LogP contribution in [0.2, 0.25) is 0 Å². The molecule has 2 saturated heterocycles. The van der Waals surface area contributed by atoms with Crippen molar-refractivity contribution in [3.05, 3.63) is 0 Å². The van der Waals surface area contributed by atoms with Gasteiger partial charge in [0, 0.05) is 25.7 Å². The first-order valence-electron chi connectivity index (χ1n) is 8.47. The molecule has 126 valence electrons. The molecule has 2 aliphatic heterocycles. The molecule has 0 bridgehead atoms. The Balaban J connectivity index is 1.89. The van der Waals surface area contributed by atoms with E-state index >= 15 is 0 Å². The number of likely N-dealkylation sites (N-methyl/N-ethyl adjacent to an activating group) is 1. The third-order valence-electron chi connectivity index (χ3n) is 4.79. The summed E-state index contributed by atoms with van der Waals surface area (Å²) in [7, 11) is 3.65. The number of nitrogens with zero attached hydrogens (tertiary/aromatic N) is 3. The van der Waals surface area contributed by atoms with Crippen molar-refractivity contribution in [2.24, 2.45) is 10.9 Å². The minimum absolute atomic E-state index is 0.0464. The number of carbonyl (C=O) groups is 1. The third kappa shape index (κ3) is 4.35. The molecule has 0 spiro atoms. The van der Waals surface area contributed by atoms with Crippen LogP contribution in [0, 0.1) is 5.92 Å². The van der Waals surface area contributed by atoms with Gasteiger partial charge in [0.05, 0.1) is 19.6 Å². The molecule has 0 amide bonds. The zero-order valence-electron chi connectivity index (χ0n) is 14.2. The summed E-state index contributed by atoms with van der Waals surface area (Å²) in [6, 6.07) is 0.571. The fourth-order valence-electron chi connectivity index (χ4n) is 3.32. The second kappa shape index (κ2) is 8.36. The van der Waals surface area contributed by atoms with Gasteiger partial charge < -0.3 is 19.9 Å². The molecule has 6 nitrogen and oxygen atoms in total. The van der Waals surface area contributed by atoms with E-state index in [2.05, 4.69) is 29.1 Å². The van der Waals surface area contributed by atoms with Crippen molar-refractivity contribution in [2.45, 2.75) is 38.6 Å². The van der Waals surface area contributed by atoms with E-state index in [1.54, 1.807) is 0 Å². The Morgan fingerprint density at radius 1 is 1.27 bits per heavy atom. The lowest BCUT2D eigenvalue weighted by atomic mass is 9.97. The van der Waals surface area contributed by atoms with Crippen LogP contribution in [-0.4, -0.2) is 74.7 Å².